The van der Waals surface area contributed by atoms with Crippen molar-refractivity contribution in [3.8, 4) is 63.4 Å². The average Bonchev–Trinajstić information content (AvgIpc) is 1.45. The van der Waals surface area contributed by atoms with Crippen LogP contribution in [0.25, 0.3) is 63.4 Å². The molecule has 0 saturated heterocycles. The summed E-state index contributed by atoms with van der Waals surface area (Å²) in [5.74, 6) is -0.383. The van der Waals surface area contributed by atoms with E-state index >= 15 is 0 Å². The fourth-order valence-corrected chi connectivity index (χ4v) is 19.2. The zero-order valence-corrected chi connectivity index (χ0v) is 71.5. The topological polar surface area (TPSA) is 155 Å². The number of aryl methyl sites for hydroxylation is 6. The van der Waals surface area contributed by atoms with Gasteiger partial charge in [0.25, 0.3) is 0 Å². The first kappa shape index (κ1) is 89.6. The van der Waals surface area contributed by atoms with Crippen molar-refractivity contribution in [3.63, 3.8) is 0 Å². The molecule has 12 nitrogen and oxygen atoms in total. The minimum absolute atomic E-state index is 0.0714. The lowest BCUT2D eigenvalue weighted by molar-refractivity contribution is -0.146. The van der Waals surface area contributed by atoms with Crippen LogP contribution in [0.4, 0.5) is 39.5 Å². The number of alkyl halides is 6. The highest BCUT2D eigenvalue weighted by Gasteiger charge is 2.41. The van der Waals surface area contributed by atoms with E-state index in [0.717, 1.165) is 127 Å². The van der Waals surface area contributed by atoms with Gasteiger partial charge in [0.1, 0.15) is 47.5 Å². The minimum Gasteiger partial charge on any atom is -0.264 e. The lowest BCUT2D eigenvalue weighted by Gasteiger charge is -2.17. The maximum atomic E-state index is 13.2. The van der Waals surface area contributed by atoms with E-state index in [1.54, 1.807) is 72.7 Å². The highest BCUT2D eigenvalue weighted by Crippen LogP contribution is 2.48. The Kier molecular flexibility index (Phi) is 32.7. The van der Waals surface area contributed by atoms with Gasteiger partial charge in [0.2, 0.25) is 0 Å². The molecule has 5 unspecified atom stereocenters. The number of aromatic nitrogens is 12. The van der Waals surface area contributed by atoms with Gasteiger partial charge in [0.15, 0.2) is 0 Å². The fraction of sp³-hybridized carbons (Fsp3) is 0.435. The van der Waals surface area contributed by atoms with Crippen LogP contribution in [0.15, 0.2) is 129 Å². The molecule has 1 fully saturated rings. The summed E-state index contributed by atoms with van der Waals surface area (Å²) in [5.41, 5.74) is 10.7. The maximum absolute atomic E-state index is 13.2. The molecule has 0 amide bonds. The van der Waals surface area contributed by atoms with Crippen LogP contribution in [0.2, 0.25) is 0 Å². The van der Waals surface area contributed by atoms with E-state index in [1.165, 1.54) is 87.5 Å². The van der Waals surface area contributed by atoms with Crippen LogP contribution in [-0.4, -0.2) is 72.2 Å². The zero-order chi connectivity index (χ0) is 81.9. The van der Waals surface area contributed by atoms with Gasteiger partial charge in [0, 0.05) is 118 Å². The molecule has 1 aliphatic rings. The Bertz CT molecular complexity index is 4800. The van der Waals surface area contributed by atoms with Crippen LogP contribution in [0.3, 0.4) is 0 Å². The third kappa shape index (κ3) is 24.3. The van der Waals surface area contributed by atoms with Gasteiger partial charge < -0.3 is 0 Å². The highest BCUT2D eigenvalue weighted by atomic mass is 32.1. The number of pyridine rings is 6. The molecule has 5 atom stereocenters. The van der Waals surface area contributed by atoms with Crippen molar-refractivity contribution in [2.24, 2.45) is 17.8 Å². The van der Waals surface area contributed by atoms with Crippen LogP contribution in [-0.2, 0) is 43.9 Å². The number of hydrogen-bond acceptors (Lipinski definition) is 18. The Morgan fingerprint density at radius 3 is 0.875 bits per heavy atom. The van der Waals surface area contributed by atoms with Crippen LogP contribution < -0.4 is 0 Å². The molecule has 12 heterocycles. The van der Waals surface area contributed by atoms with E-state index < -0.39 is 30.0 Å². The first-order valence-electron chi connectivity index (χ1n) is 37.8. The molecule has 12 aromatic rings. The lowest BCUT2D eigenvalue weighted by atomic mass is 9.93. The van der Waals surface area contributed by atoms with Crippen LogP contribution >= 0.6 is 68.0 Å². The van der Waals surface area contributed by atoms with Crippen molar-refractivity contribution in [2.45, 2.75) is 223 Å². The summed E-state index contributed by atoms with van der Waals surface area (Å²) in [4.78, 5) is 57.1. The molecule has 12 aromatic heterocycles. The number of thiazole rings is 6. The predicted molar refractivity (Wildman–Crippen MR) is 443 cm³/mol. The SMILES string of the molecule is CCc1nc(-c2cccnc2)sc1C(C)C(C)C.CCc1nc(-c2cccnc2)sc1C(C)C(F)(F)F.CCc1nc(-c2cccnc2)sc1C(C)C1CC1.CCc1nc(-c2cncc(F)c2)sc1C(C)(C)C.CCc1nc(-c2cncc(F)c2)sc1C(C)C(C)C.CCc1nc(-c2cncc(F)c2)sc1C(C)C(F)(F)F. The summed E-state index contributed by atoms with van der Waals surface area (Å²) < 4.78 is 117. The van der Waals surface area contributed by atoms with Crippen molar-refractivity contribution >= 4 is 68.0 Å². The van der Waals surface area contributed by atoms with Crippen LogP contribution in [0, 0.1) is 35.2 Å². The molecule has 13 rings (SSSR count). The Morgan fingerprint density at radius 1 is 0.348 bits per heavy atom. The highest BCUT2D eigenvalue weighted by molar-refractivity contribution is 7.17. The minimum atomic E-state index is -4.31. The second kappa shape index (κ2) is 40.9. The first-order chi connectivity index (χ1) is 53.1. The smallest absolute Gasteiger partial charge is 0.264 e. The number of hydrogen-bond donors (Lipinski definition) is 0. The molecular formula is C85H99F9N12S6. The van der Waals surface area contributed by atoms with E-state index in [2.05, 4.69) is 159 Å². The summed E-state index contributed by atoms with van der Waals surface area (Å²) in [6, 6.07) is 15.9. The zero-order valence-electron chi connectivity index (χ0n) is 66.6. The standard InChI is InChI=1S/C15H19FN2S.C15H18N2S.C15H20N2S.C14H17FN2S.C13H12F4N2S.C13H13F3N2S/c1-5-13-14(10(4)9(2)3)19-15(18-13)11-6-12(16)8-17-7-11;1-3-13-14(10(2)11-6-7-11)18-15(17-13)12-5-4-8-16-9-12;1-5-13-14(11(4)10(2)3)18-15(17-13)12-7-6-8-16-9-12;1-5-11-12(14(2,3)4)18-13(17-11)9-6-10(15)8-16-7-9;1-3-10-11(7(2)13(15,16)17)20-12(19-10)8-4-9(14)6-18-5-8;1-3-10-11(8(2)13(14,15)16)19-12(18-10)9-5-4-6-17-7-9/h6-10H,5H2,1-4H3;4-5,8-11H,3,6-7H2,1-2H3;6-11H,5H2,1-4H3;6-8H,5H2,1-4H3;4-7H,3H2,1-2H3;4-8H,3H2,1-2H3. The summed E-state index contributed by atoms with van der Waals surface area (Å²) in [5, 5.41) is 4.90. The van der Waals surface area contributed by atoms with Crippen molar-refractivity contribution in [3.05, 3.63) is 210 Å². The van der Waals surface area contributed by atoms with E-state index in [9.17, 15) is 39.5 Å². The van der Waals surface area contributed by atoms with Gasteiger partial charge in [-0.3, -0.25) is 29.9 Å². The Balaban J connectivity index is 0.000000169. The van der Waals surface area contributed by atoms with Gasteiger partial charge >= 0.3 is 12.4 Å². The Morgan fingerprint density at radius 2 is 0.616 bits per heavy atom. The van der Waals surface area contributed by atoms with Crippen molar-refractivity contribution < 1.29 is 39.5 Å². The van der Waals surface area contributed by atoms with E-state index in [0.29, 0.717) is 74.3 Å². The Hall–Kier alpha value is -7.95. The number of halogens is 9. The molecule has 598 valence electrons. The summed E-state index contributed by atoms with van der Waals surface area (Å²) >= 11 is 9.03. The average molecular weight is 1650 g/mol. The van der Waals surface area contributed by atoms with Crippen LogP contribution in [0.1, 0.15) is 230 Å². The van der Waals surface area contributed by atoms with Crippen molar-refractivity contribution in [2.75, 3.05) is 0 Å². The Labute approximate surface area is 677 Å². The third-order valence-corrected chi connectivity index (χ3v) is 27.2. The van der Waals surface area contributed by atoms with Gasteiger partial charge in [-0.15, -0.1) is 68.0 Å². The van der Waals surface area contributed by atoms with E-state index in [1.807, 2.05) is 60.3 Å². The van der Waals surface area contributed by atoms with Crippen LogP contribution in [0.5, 0.6) is 0 Å². The molecule has 0 spiro atoms. The number of nitrogens with zero attached hydrogens (tertiary/aromatic N) is 12. The van der Waals surface area contributed by atoms with Gasteiger partial charge in [-0.1, -0.05) is 111 Å². The van der Waals surface area contributed by atoms with E-state index in [4.69, 9.17) is 9.97 Å². The summed E-state index contributed by atoms with van der Waals surface area (Å²) in [6.45, 7) is 36.8. The first-order valence-corrected chi connectivity index (χ1v) is 42.7. The van der Waals surface area contributed by atoms with Crippen molar-refractivity contribution in [1.29, 1.82) is 0 Å². The molecule has 0 N–H and O–H groups in total. The van der Waals surface area contributed by atoms with Gasteiger partial charge in [-0.05, 0) is 161 Å². The third-order valence-electron chi connectivity index (χ3n) is 18.9. The summed E-state index contributed by atoms with van der Waals surface area (Å²) in [6.07, 6.45) is 17.8. The number of rotatable bonds is 20. The van der Waals surface area contributed by atoms with E-state index in [-0.39, 0.29) is 21.9 Å². The molecule has 0 bridgehead atoms. The monoisotopic (exact) mass is 1650 g/mol. The second-order valence-corrected chi connectivity index (χ2v) is 35.1. The van der Waals surface area contributed by atoms with Crippen molar-refractivity contribution in [1.82, 2.24) is 59.8 Å². The largest absolute Gasteiger partial charge is 0.396 e. The normalized spacial score (nSPS) is 13.6. The molecule has 1 aliphatic carbocycles. The molecule has 112 heavy (non-hydrogen) atoms. The molecule has 0 radical (unpaired) electrons. The fourth-order valence-electron chi connectivity index (χ4n) is 11.5. The maximum Gasteiger partial charge on any atom is 0.396 e. The second-order valence-electron chi connectivity index (χ2n) is 28.9. The van der Waals surface area contributed by atoms with Gasteiger partial charge in [-0.25, -0.2) is 43.1 Å². The molecule has 27 heteroatoms. The van der Waals surface area contributed by atoms with Gasteiger partial charge in [-0.2, -0.15) is 26.3 Å². The molecular weight excluding hydrogens is 1550 g/mol. The summed E-state index contributed by atoms with van der Waals surface area (Å²) in [7, 11) is 0. The molecule has 0 aliphatic heterocycles. The predicted octanol–water partition coefficient (Wildman–Crippen LogP) is 26.7. The quantitative estimate of drug-likeness (QED) is 0.0667. The molecule has 0 aromatic carbocycles. The van der Waals surface area contributed by atoms with Gasteiger partial charge in [0.05, 0.1) is 64.6 Å². The molecule has 1 saturated carbocycles. The lowest BCUT2D eigenvalue weighted by Crippen LogP contribution is -2.17.